The third-order valence-electron chi connectivity index (χ3n) is 10.00. The van der Waals surface area contributed by atoms with Crippen molar-refractivity contribution in [2.75, 3.05) is 9.80 Å². The van der Waals surface area contributed by atoms with Gasteiger partial charge in [-0.05, 0) is 88.9 Å². The molecule has 7 heteroatoms. The van der Waals surface area contributed by atoms with Crippen LogP contribution in [0.15, 0.2) is 134 Å². The van der Waals surface area contributed by atoms with E-state index >= 15 is 0 Å². The van der Waals surface area contributed by atoms with E-state index in [2.05, 4.69) is 158 Å². The minimum absolute atomic E-state index is 0. The van der Waals surface area contributed by atoms with E-state index in [1.165, 1.54) is 27.8 Å². The van der Waals surface area contributed by atoms with E-state index < -0.39 is 0 Å². The number of fused-ring (bicyclic) bond motifs is 4. The summed E-state index contributed by atoms with van der Waals surface area (Å²) in [5.41, 5.74) is 12.0. The van der Waals surface area contributed by atoms with E-state index in [-0.39, 0.29) is 26.5 Å². The number of hydrogen-bond donors (Lipinski definition) is 0. The molecule has 8 aromatic rings. The Labute approximate surface area is 331 Å². The van der Waals surface area contributed by atoms with Crippen LogP contribution in [0.4, 0.5) is 22.7 Å². The number of anilines is 4. The first-order valence-electron chi connectivity index (χ1n) is 17.9. The second-order valence-electron chi connectivity index (χ2n) is 14.6. The van der Waals surface area contributed by atoms with Gasteiger partial charge in [-0.1, -0.05) is 74.8 Å². The van der Waals surface area contributed by atoms with E-state index in [0.717, 1.165) is 50.4 Å². The molecule has 54 heavy (non-hydrogen) atoms. The van der Waals surface area contributed by atoms with Crippen LogP contribution >= 0.6 is 0 Å². The van der Waals surface area contributed by atoms with Crippen LogP contribution in [0.5, 0.6) is 11.5 Å². The number of aryl methyl sites for hydroxylation is 2. The Balaban J connectivity index is 0.00000413. The fraction of sp³-hybridized carbons (Fsp3) is 0.128. The Hall–Kier alpha value is -5.71. The van der Waals surface area contributed by atoms with Crippen LogP contribution in [0.2, 0.25) is 0 Å². The summed E-state index contributed by atoms with van der Waals surface area (Å²) in [4.78, 5) is 13.7. The normalized spacial score (nSPS) is 12.6. The maximum atomic E-state index is 6.53. The topological polar surface area (TPSA) is 46.4 Å². The number of pyridine rings is 2. The van der Waals surface area contributed by atoms with Gasteiger partial charge in [-0.3, -0.25) is 4.98 Å². The SMILES string of the molecule is Cc1cc(-c2ccccc2)cc(C)c1N1[CH-]N(c2[c-]c(Oc3[c-]c4c(cc3)c3ccccc3n4-c3cc(C(C)(C)C)ccn3)ccc2)c2ccncc21.[Pt]. The van der Waals surface area contributed by atoms with Gasteiger partial charge in [0.25, 0.3) is 0 Å². The number of benzene rings is 5. The maximum absolute atomic E-state index is 6.53. The molecule has 5 aromatic carbocycles. The van der Waals surface area contributed by atoms with E-state index in [0.29, 0.717) is 11.5 Å². The summed E-state index contributed by atoms with van der Waals surface area (Å²) in [5, 5.41) is 2.23. The van der Waals surface area contributed by atoms with Gasteiger partial charge in [-0.25, -0.2) is 4.98 Å². The van der Waals surface area contributed by atoms with Crippen molar-refractivity contribution in [3.63, 3.8) is 0 Å². The second-order valence-corrected chi connectivity index (χ2v) is 14.6. The van der Waals surface area contributed by atoms with Crippen molar-refractivity contribution in [3.05, 3.63) is 169 Å². The second kappa shape index (κ2) is 13.9. The van der Waals surface area contributed by atoms with Crippen molar-refractivity contribution >= 4 is 44.6 Å². The molecule has 0 bridgehead atoms. The van der Waals surface area contributed by atoms with Crippen molar-refractivity contribution in [3.8, 4) is 28.4 Å². The van der Waals surface area contributed by atoms with Gasteiger partial charge >= 0.3 is 0 Å². The molecule has 4 heterocycles. The Morgan fingerprint density at radius 1 is 0.667 bits per heavy atom. The maximum Gasteiger partial charge on any atom is 0.135 e. The van der Waals surface area contributed by atoms with Gasteiger partial charge in [0, 0.05) is 61.8 Å². The van der Waals surface area contributed by atoms with E-state index in [9.17, 15) is 0 Å². The predicted octanol–water partition coefficient (Wildman–Crippen LogP) is 12.0. The quantitative estimate of drug-likeness (QED) is 0.156. The first-order chi connectivity index (χ1) is 25.7. The zero-order chi connectivity index (χ0) is 36.3. The first-order valence-corrected chi connectivity index (χ1v) is 17.9. The van der Waals surface area contributed by atoms with Crippen molar-refractivity contribution in [2.45, 2.75) is 40.0 Å². The van der Waals surface area contributed by atoms with Crippen LogP contribution in [-0.4, -0.2) is 14.5 Å². The van der Waals surface area contributed by atoms with E-state index in [1.54, 1.807) is 0 Å². The number of ether oxygens (including phenoxy) is 1. The summed E-state index contributed by atoms with van der Waals surface area (Å²) in [6, 6.07) is 47.0. The van der Waals surface area contributed by atoms with Crippen LogP contribution in [0.1, 0.15) is 37.5 Å². The first kappa shape index (κ1) is 35.3. The molecule has 0 atom stereocenters. The molecule has 3 aromatic heterocycles. The van der Waals surface area contributed by atoms with Crippen LogP contribution in [0.25, 0.3) is 38.8 Å². The molecule has 1 aliphatic heterocycles. The molecule has 270 valence electrons. The Morgan fingerprint density at radius 3 is 2.22 bits per heavy atom. The number of nitrogens with zero attached hydrogens (tertiary/aromatic N) is 5. The van der Waals surface area contributed by atoms with E-state index in [4.69, 9.17) is 9.72 Å². The van der Waals surface area contributed by atoms with Gasteiger partial charge in [0.1, 0.15) is 5.82 Å². The number of rotatable bonds is 6. The molecule has 0 N–H and O–H groups in total. The van der Waals surface area contributed by atoms with Gasteiger partial charge in [-0.2, -0.15) is 12.1 Å². The number of aromatic nitrogens is 3. The fourth-order valence-corrected chi connectivity index (χ4v) is 7.44. The molecular weight excluding hydrogens is 846 g/mol. The molecule has 0 saturated carbocycles. The average Bonchev–Trinajstić information content (AvgIpc) is 3.71. The van der Waals surface area contributed by atoms with Crippen molar-refractivity contribution in [1.82, 2.24) is 14.5 Å². The fourth-order valence-electron chi connectivity index (χ4n) is 7.44. The number of hydrogen-bond acceptors (Lipinski definition) is 5. The van der Waals surface area contributed by atoms with Gasteiger partial charge < -0.3 is 19.1 Å². The molecule has 0 amide bonds. The minimum Gasteiger partial charge on any atom is -0.509 e. The average molecular weight is 884 g/mol. The molecule has 0 radical (unpaired) electrons. The summed E-state index contributed by atoms with van der Waals surface area (Å²) >= 11 is 0. The van der Waals surface area contributed by atoms with Gasteiger partial charge in [0.05, 0.1) is 11.9 Å². The Kier molecular flexibility index (Phi) is 9.11. The van der Waals surface area contributed by atoms with Crippen LogP contribution in [0.3, 0.4) is 0 Å². The third-order valence-corrected chi connectivity index (χ3v) is 10.00. The summed E-state index contributed by atoms with van der Waals surface area (Å²) in [7, 11) is 0. The summed E-state index contributed by atoms with van der Waals surface area (Å²) in [6.07, 6.45) is 5.65. The Bertz CT molecular complexity index is 2640. The smallest absolute Gasteiger partial charge is 0.135 e. The standard InChI is InChI=1S/C47H38N5O.Pt/c1-31-24-34(33-12-7-6-8-13-33)25-32(2)46(31)51-30-50(42-21-22-48-29-44(42)51)36-14-11-15-37(27-36)53-38-18-19-40-39-16-9-10-17-41(39)52(43(40)28-38)45-26-35(20-23-49-45)47(3,4)5;/h6-26,29-30H,1-5H3;/q-3;. The van der Waals surface area contributed by atoms with Crippen LogP contribution in [0, 0.1) is 32.6 Å². The summed E-state index contributed by atoms with van der Waals surface area (Å²) in [6.45, 7) is 13.1. The largest absolute Gasteiger partial charge is 0.509 e. The van der Waals surface area contributed by atoms with Crippen molar-refractivity contribution in [2.24, 2.45) is 0 Å². The zero-order valence-electron chi connectivity index (χ0n) is 30.7. The van der Waals surface area contributed by atoms with Crippen molar-refractivity contribution < 1.29 is 25.8 Å². The van der Waals surface area contributed by atoms with E-state index in [1.807, 2.05) is 48.9 Å². The summed E-state index contributed by atoms with van der Waals surface area (Å²) < 4.78 is 8.72. The Morgan fingerprint density at radius 2 is 1.43 bits per heavy atom. The summed E-state index contributed by atoms with van der Waals surface area (Å²) in [5.74, 6) is 2.05. The molecule has 1 aliphatic rings. The van der Waals surface area contributed by atoms with Crippen LogP contribution < -0.4 is 14.5 Å². The molecule has 0 saturated heterocycles. The van der Waals surface area contributed by atoms with Gasteiger partial charge in [0.2, 0.25) is 0 Å². The third kappa shape index (κ3) is 6.25. The molecule has 9 rings (SSSR count). The monoisotopic (exact) mass is 883 g/mol. The van der Waals surface area contributed by atoms with Gasteiger partial charge in [0.15, 0.2) is 0 Å². The molecule has 0 aliphatic carbocycles. The molecule has 0 fully saturated rings. The predicted molar refractivity (Wildman–Crippen MR) is 216 cm³/mol. The minimum atomic E-state index is -0.0131. The van der Waals surface area contributed by atoms with Crippen molar-refractivity contribution in [1.29, 1.82) is 0 Å². The molecular formula is C47H38N5OPt-3. The molecule has 0 spiro atoms. The molecule has 0 unspecified atom stereocenters. The van der Waals surface area contributed by atoms with Crippen LogP contribution in [-0.2, 0) is 26.5 Å². The number of para-hydroxylation sites is 1. The van der Waals surface area contributed by atoms with Gasteiger partial charge in [-0.15, -0.1) is 48.1 Å². The zero-order valence-corrected chi connectivity index (χ0v) is 33.0. The molecule has 6 nitrogen and oxygen atoms in total.